The lowest BCUT2D eigenvalue weighted by Crippen LogP contribution is -2.30. The summed E-state index contributed by atoms with van der Waals surface area (Å²) >= 11 is 3.13. The number of benzene rings is 1. The molecule has 0 saturated heterocycles. The van der Waals surface area contributed by atoms with Crippen molar-refractivity contribution in [1.82, 2.24) is 5.32 Å². The van der Waals surface area contributed by atoms with Gasteiger partial charge in [-0.25, -0.2) is 0 Å². The van der Waals surface area contributed by atoms with Gasteiger partial charge in [-0.05, 0) is 53.2 Å². The van der Waals surface area contributed by atoms with Crippen molar-refractivity contribution < 1.29 is 19.1 Å². The number of aliphatic hydroxyl groups is 1. The summed E-state index contributed by atoms with van der Waals surface area (Å²) < 4.78 is 5.62. The SMILES string of the molecule is CC(O)CNC(=O)c1cccc(NC(=O)c2ccc(Br)o2)c1. The predicted octanol–water partition coefficient (Wildman–Crippen LogP) is 2.41. The summed E-state index contributed by atoms with van der Waals surface area (Å²) in [7, 11) is 0. The number of amides is 2. The topological polar surface area (TPSA) is 91.6 Å². The Bertz CT molecular complexity index is 682. The minimum Gasteiger partial charge on any atom is -0.444 e. The Kier molecular flexibility index (Phi) is 5.35. The third-order valence-electron chi connectivity index (χ3n) is 2.74. The molecule has 2 amide bonds. The van der Waals surface area contributed by atoms with Crippen molar-refractivity contribution in [2.45, 2.75) is 13.0 Å². The highest BCUT2D eigenvalue weighted by molar-refractivity contribution is 9.10. The Morgan fingerprint density at radius 1 is 1.27 bits per heavy atom. The van der Waals surface area contributed by atoms with Gasteiger partial charge in [-0.3, -0.25) is 9.59 Å². The van der Waals surface area contributed by atoms with Crippen LogP contribution in [0.4, 0.5) is 5.69 Å². The summed E-state index contributed by atoms with van der Waals surface area (Å²) in [6, 6.07) is 9.66. The van der Waals surface area contributed by atoms with Crippen LogP contribution in [0.3, 0.4) is 0 Å². The molecule has 2 aromatic rings. The number of nitrogens with one attached hydrogen (secondary N) is 2. The maximum atomic E-state index is 12.0. The lowest BCUT2D eigenvalue weighted by Gasteiger charge is -2.09. The minimum absolute atomic E-state index is 0.163. The molecule has 0 spiro atoms. The first kappa shape index (κ1) is 16.3. The lowest BCUT2D eigenvalue weighted by atomic mass is 10.2. The number of carbonyl (C=O) groups excluding carboxylic acids is 2. The van der Waals surface area contributed by atoms with Gasteiger partial charge in [0.2, 0.25) is 0 Å². The highest BCUT2D eigenvalue weighted by Crippen LogP contribution is 2.16. The van der Waals surface area contributed by atoms with Crippen LogP contribution in [0.1, 0.15) is 27.8 Å². The van der Waals surface area contributed by atoms with Crippen molar-refractivity contribution in [2.75, 3.05) is 11.9 Å². The number of carbonyl (C=O) groups is 2. The number of hydrogen-bond donors (Lipinski definition) is 3. The van der Waals surface area contributed by atoms with Gasteiger partial charge in [0.05, 0.1) is 6.10 Å². The van der Waals surface area contributed by atoms with E-state index in [1.165, 1.54) is 0 Å². The standard InChI is InChI=1S/C15H15BrN2O4/c1-9(19)8-17-14(20)10-3-2-4-11(7-10)18-15(21)12-5-6-13(16)22-12/h2-7,9,19H,8H2,1H3,(H,17,20)(H,18,21). The highest BCUT2D eigenvalue weighted by atomic mass is 79.9. The largest absolute Gasteiger partial charge is 0.444 e. The van der Waals surface area contributed by atoms with Crippen molar-refractivity contribution in [3.05, 3.63) is 52.4 Å². The summed E-state index contributed by atoms with van der Waals surface area (Å²) in [5.41, 5.74) is 0.862. The van der Waals surface area contributed by atoms with Crippen LogP contribution in [0.25, 0.3) is 0 Å². The highest BCUT2D eigenvalue weighted by Gasteiger charge is 2.12. The molecule has 6 nitrogen and oxygen atoms in total. The van der Waals surface area contributed by atoms with Gasteiger partial charge in [-0.1, -0.05) is 6.07 Å². The van der Waals surface area contributed by atoms with Crippen molar-refractivity contribution in [1.29, 1.82) is 0 Å². The van der Waals surface area contributed by atoms with Gasteiger partial charge in [-0.2, -0.15) is 0 Å². The first-order valence-electron chi connectivity index (χ1n) is 6.58. The summed E-state index contributed by atoms with van der Waals surface area (Å²) in [6.45, 7) is 1.74. The lowest BCUT2D eigenvalue weighted by molar-refractivity contribution is 0.0923. The molecule has 1 aromatic heterocycles. The third-order valence-corrected chi connectivity index (χ3v) is 3.16. The van der Waals surface area contributed by atoms with Gasteiger partial charge in [0, 0.05) is 17.8 Å². The molecule has 22 heavy (non-hydrogen) atoms. The predicted molar refractivity (Wildman–Crippen MR) is 84.8 cm³/mol. The van der Waals surface area contributed by atoms with Crippen molar-refractivity contribution in [3.8, 4) is 0 Å². The van der Waals surface area contributed by atoms with Gasteiger partial charge in [-0.15, -0.1) is 0 Å². The zero-order chi connectivity index (χ0) is 16.1. The quantitative estimate of drug-likeness (QED) is 0.757. The van der Waals surface area contributed by atoms with Crippen LogP contribution in [-0.2, 0) is 0 Å². The molecule has 0 radical (unpaired) electrons. The van der Waals surface area contributed by atoms with Gasteiger partial charge >= 0.3 is 0 Å². The van der Waals surface area contributed by atoms with E-state index in [0.29, 0.717) is 15.9 Å². The summed E-state index contributed by atoms with van der Waals surface area (Å²) in [4.78, 5) is 23.9. The van der Waals surface area contributed by atoms with Crippen molar-refractivity contribution in [3.63, 3.8) is 0 Å². The smallest absolute Gasteiger partial charge is 0.291 e. The molecule has 1 unspecified atom stereocenters. The van der Waals surface area contributed by atoms with Gasteiger partial charge in [0.1, 0.15) is 0 Å². The molecule has 0 bridgehead atoms. The van der Waals surface area contributed by atoms with E-state index in [2.05, 4.69) is 26.6 Å². The van der Waals surface area contributed by atoms with Crippen molar-refractivity contribution >= 4 is 33.4 Å². The van der Waals surface area contributed by atoms with Gasteiger partial charge < -0.3 is 20.2 Å². The van der Waals surface area contributed by atoms with E-state index in [4.69, 9.17) is 9.52 Å². The van der Waals surface area contributed by atoms with Gasteiger partial charge in [0.15, 0.2) is 10.4 Å². The van der Waals surface area contributed by atoms with Crippen LogP contribution < -0.4 is 10.6 Å². The fraction of sp³-hybridized carbons (Fsp3) is 0.200. The summed E-state index contributed by atoms with van der Waals surface area (Å²) in [6.07, 6.45) is -0.621. The molecule has 0 aliphatic rings. The molecule has 0 aliphatic heterocycles. The number of rotatable bonds is 5. The molecule has 1 atom stereocenters. The Morgan fingerprint density at radius 3 is 2.68 bits per heavy atom. The van der Waals surface area contributed by atoms with E-state index in [9.17, 15) is 9.59 Å². The fourth-order valence-electron chi connectivity index (χ4n) is 1.71. The Balaban J connectivity index is 2.05. The second-order valence-corrected chi connectivity index (χ2v) is 5.48. The molecule has 1 heterocycles. The maximum absolute atomic E-state index is 12.0. The van der Waals surface area contributed by atoms with Crippen LogP contribution in [-0.4, -0.2) is 29.6 Å². The zero-order valence-corrected chi connectivity index (χ0v) is 13.4. The first-order valence-corrected chi connectivity index (χ1v) is 7.38. The second-order valence-electron chi connectivity index (χ2n) is 4.70. The molecular formula is C15H15BrN2O4. The average molecular weight is 367 g/mol. The Labute approximate surface area is 135 Å². The molecule has 1 aromatic carbocycles. The van der Waals surface area contributed by atoms with E-state index >= 15 is 0 Å². The monoisotopic (exact) mass is 366 g/mol. The second kappa shape index (κ2) is 7.24. The Morgan fingerprint density at radius 2 is 2.05 bits per heavy atom. The van der Waals surface area contributed by atoms with Gasteiger partial charge in [0.25, 0.3) is 11.8 Å². The number of anilines is 1. The van der Waals surface area contributed by atoms with E-state index in [0.717, 1.165) is 0 Å². The number of halogens is 1. The molecular weight excluding hydrogens is 352 g/mol. The number of hydrogen-bond acceptors (Lipinski definition) is 4. The van der Waals surface area contributed by atoms with Crippen LogP contribution >= 0.6 is 15.9 Å². The minimum atomic E-state index is -0.621. The molecule has 3 N–H and O–H groups in total. The molecule has 0 aliphatic carbocycles. The van der Waals surface area contributed by atoms with Crippen molar-refractivity contribution in [2.24, 2.45) is 0 Å². The van der Waals surface area contributed by atoms with E-state index in [1.807, 2.05) is 0 Å². The molecule has 2 rings (SSSR count). The number of furan rings is 1. The normalized spacial score (nSPS) is 11.8. The zero-order valence-electron chi connectivity index (χ0n) is 11.8. The molecule has 7 heteroatoms. The maximum Gasteiger partial charge on any atom is 0.291 e. The van der Waals surface area contributed by atoms with E-state index < -0.39 is 12.0 Å². The Hall–Kier alpha value is -2.12. The summed E-state index contributed by atoms with van der Waals surface area (Å²) in [5, 5.41) is 14.4. The van der Waals surface area contributed by atoms with Crippen LogP contribution in [0.15, 0.2) is 45.5 Å². The average Bonchev–Trinajstić information content (AvgIpc) is 2.91. The number of aliphatic hydroxyl groups excluding tert-OH is 1. The van der Waals surface area contributed by atoms with E-state index in [1.54, 1.807) is 43.3 Å². The summed E-state index contributed by atoms with van der Waals surface area (Å²) in [5.74, 6) is -0.569. The molecule has 0 saturated carbocycles. The fourth-order valence-corrected chi connectivity index (χ4v) is 2.02. The molecule has 0 fully saturated rings. The van der Waals surface area contributed by atoms with E-state index in [-0.39, 0.29) is 18.2 Å². The first-order chi connectivity index (χ1) is 10.5. The molecule has 116 valence electrons. The third kappa shape index (κ3) is 4.44. The van der Waals surface area contributed by atoms with Crippen LogP contribution in [0.5, 0.6) is 0 Å². The van der Waals surface area contributed by atoms with Crippen LogP contribution in [0.2, 0.25) is 0 Å². The van der Waals surface area contributed by atoms with Crippen LogP contribution in [0, 0.1) is 0 Å².